The lowest BCUT2D eigenvalue weighted by Crippen LogP contribution is -2.42. The van der Waals surface area contributed by atoms with Crippen molar-refractivity contribution < 1.29 is 19.4 Å². The molecule has 3 aromatic carbocycles. The Balaban J connectivity index is 1.43. The van der Waals surface area contributed by atoms with E-state index in [1.165, 1.54) is 0 Å². The summed E-state index contributed by atoms with van der Waals surface area (Å²) in [6.45, 7) is 0.150. The molecule has 0 aromatic heterocycles. The van der Waals surface area contributed by atoms with Gasteiger partial charge >= 0.3 is 12.1 Å². The molecule has 5 nitrogen and oxygen atoms in total. The van der Waals surface area contributed by atoms with Gasteiger partial charge in [0, 0.05) is 12.3 Å². The van der Waals surface area contributed by atoms with E-state index < -0.39 is 18.1 Å². The number of carbonyl (C=O) groups is 2. The number of carboxylic acid groups (broad SMARTS) is 1. The molecule has 2 N–H and O–H groups in total. The zero-order valence-corrected chi connectivity index (χ0v) is 15.7. The molecule has 29 heavy (non-hydrogen) atoms. The molecule has 1 atom stereocenters. The first kappa shape index (κ1) is 18.7. The number of fused-ring (bicyclic) bond motifs is 3. The zero-order chi connectivity index (χ0) is 20.2. The highest BCUT2D eigenvalue weighted by atomic mass is 16.6. The van der Waals surface area contributed by atoms with Crippen LogP contribution >= 0.6 is 0 Å². The van der Waals surface area contributed by atoms with E-state index in [4.69, 9.17) is 4.74 Å². The molecule has 0 spiro atoms. The van der Waals surface area contributed by atoms with Gasteiger partial charge in [-0.15, -0.1) is 0 Å². The largest absolute Gasteiger partial charge is 0.480 e. The summed E-state index contributed by atoms with van der Waals surface area (Å²) in [5.74, 6) is -1.16. The zero-order valence-electron chi connectivity index (χ0n) is 15.7. The Bertz CT molecular complexity index is 986. The van der Waals surface area contributed by atoms with Crippen molar-refractivity contribution in [2.75, 3.05) is 6.61 Å². The summed E-state index contributed by atoms with van der Waals surface area (Å²) >= 11 is 0. The van der Waals surface area contributed by atoms with Crippen LogP contribution in [0.4, 0.5) is 4.79 Å². The van der Waals surface area contributed by atoms with E-state index in [0.717, 1.165) is 27.8 Å². The van der Waals surface area contributed by atoms with Crippen LogP contribution < -0.4 is 5.32 Å². The first-order chi connectivity index (χ1) is 14.1. The summed E-state index contributed by atoms with van der Waals surface area (Å²) in [6, 6.07) is 24.3. The third kappa shape index (κ3) is 3.99. The number of amides is 1. The summed E-state index contributed by atoms with van der Waals surface area (Å²) in [6.07, 6.45) is -0.532. The molecule has 0 aliphatic heterocycles. The van der Waals surface area contributed by atoms with Crippen molar-refractivity contribution in [2.45, 2.75) is 18.4 Å². The minimum absolute atomic E-state index is 0.0643. The molecule has 0 bridgehead atoms. The number of rotatable bonds is 6. The summed E-state index contributed by atoms with van der Waals surface area (Å²) in [7, 11) is 0. The molecule has 5 heteroatoms. The van der Waals surface area contributed by atoms with Gasteiger partial charge in [0.2, 0.25) is 0 Å². The molecular formula is C24H21NO4. The van der Waals surface area contributed by atoms with Gasteiger partial charge in [-0.25, -0.2) is 9.59 Å². The normalized spacial score (nSPS) is 13.2. The number of nitrogens with one attached hydrogen (secondary N) is 1. The van der Waals surface area contributed by atoms with E-state index in [1.807, 2.05) is 66.7 Å². The molecular weight excluding hydrogens is 367 g/mol. The fourth-order valence-electron chi connectivity index (χ4n) is 3.83. The van der Waals surface area contributed by atoms with Crippen molar-refractivity contribution in [1.29, 1.82) is 0 Å². The first-order valence-corrected chi connectivity index (χ1v) is 9.51. The van der Waals surface area contributed by atoms with Gasteiger partial charge < -0.3 is 15.2 Å². The van der Waals surface area contributed by atoms with Crippen LogP contribution in [0.5, 0.6) is 0 Å². The Morgan fingerprint density at radius 1 is 0.862 bits per heavy atom. The number of benzene rings is 3. The summed E-state index contributed by atoms with van der Waals surface area (Å²) in [5, 5.41) is 11.9. The third-order valence-corrected chi connectivity index (χ3v) is 5.22. The fourth-order valence-corrected chi connectivity index (χ4v) is 3.83. The average Bonchev–Trinajstić information content (AvgIpc) is 3.06. The van der Waals surface area contributed by atoms with Crippen LogP contribution in [0, 0.1) is 0 Å². The van der Waals surface area contributed by atoms with Gasteiger partial charge in [0.05, 0.1) is 0 Å². The van der Waals surface area contributed by atoms with Crippen LogP contribution in [-0.2, 0) is 16.0 Å². The Hall–Kier alpha value is -3.60. The van der Waals surface area contributed by atoms with Crippen LogP contribution in [0.1, 0.15) is 22.6 Å². The maximum Gasteiger partial charge on any atom is 0.407 e. The molecule has 1 aliphatic carbocycles. The molecule has 0 heterocycles. The van der Waals surface area contributed by atoms with E-state index in [-0.39, 0.29) is 18.9 Å². The molecule has 0 fully saturated rings. The van der Waals surface area contributed by atoms with Gasteiger partial charge in [-0.1, -0.05) is 78.9 Å². The van der Waals surface area contributed by atoms with Crippen LogP contribution in [0.25, 0.3) is 11.1 Å². The Morgan fingerprint density at radius 3 is 2.00 bits per heavy atom. The predicted molar refractivity (Wildman–Crippen MR) is 110 cm³/mol. The van der Waals surface area contributed by atoms with Crippen LogP contribution in [0.15, 0.2) is 78.9 Å². The predicted octanol–water partition coefficient (Wildman–Crippen LogP) is 4.22. The van der Waals surface area contributed by atoms with Gasteiger partial charge in [-0.3, -0.25) is 0 Å². The minimum Gasteiger partial charge on any atom is -0.480 e. The third-order valence-electron chi connectivity index (χ3n) is 5.22. The maximum absolute atomic E-state index is 12.3. The van der Waals surface area contributed by atoms with Crippen molar-refractivity contribution in [3.63, 3.8) is 0 Å². The first-order valence-electron chi connectivity index (χ1n) is 9.51. The number of hydrogen-bond acceptors (Lipinski definition) is 3. The highest BCUT2D eigenvalue weighted by Gasteiger charge is 2.29. The molecule has 0 unspecified atom stereocenters. The number of carbonyl (C=O) groups excluding carboxylic acids is 1. The van der Waals surface area contributed by atoms with Crippen LogP contribution in [0.3, 0.4) is 0 Å². The van der Waals surface area contributed by atoms with Gasteiger partial charge in [-0.2, -0.15) is 0 Å². The molecule has 0 saturated carbocycles. The van der Waals surface area contributed by atoms with Gasteiger partial charge in [0.15, 0.2) is 0 Å². The molecule has 4 rings (SSSR count). The van der Waals surface area contributed by atoms with Crippen molar-refractivity contribution >= 4 is 12.1 Å². The SMILES string of the molecule is O=C([15NH][C@@H](Cc1ccccc1)C(=O)O)OCC1c2ccccc2-c2ccccc21. The minimum atomic E-state index is -1.10. The highest BCUT2D eigenvalue weighted by Crippen LogP contribution is 2.44. The average molecular weight is 388 g/mol. The van der Waals surface area contributed by atoms with Gasteiger partial charge in [0.1, 0.15) is 12.6 Å². The van der Waals surface area contributed by atoms with Gasteiger partial charge in [-0.05, 0) is 27.8 Å². The van der Waals surface area contributed by atoms with Crippen LogP contribution in [0.2, 0.25) is 0 Å². The standard InChI is InChI=1S/C24H21NO4/c26-23(27)22(14-16-8-2-1-3-9-16)25-24(28)29-15-21-19-12-6-4-10-17(19)18-11-5-7-13-20(18)21/h1-13,21-22H,14-15H2,(H,25,28)(H,26,27)/t22-/m0/s1/i25+1. The number of ether oxygens (including phenoxy) is 1. The summed E-state index contributed by atoms with van der Waals surface area (Å²) < 4.78 is 5.44. The Kier molecular flexibility index (Phi) is 5.29. The molecule has 1 amide bonds. The second-order valence-corrected chi connectivity index (χ2v) is 7.05. The summed E-state index contributed by atoms with van der Waals surface area (Å²) in [4.78, 5) is 23.9. The second kappa shape index (κ2) is 8.19. The molecule has 1 aliphatic rings. The van der Waals surface area contributed by atoms with E-state index in [1.54, 1.807) is 0 Å². The van der Waals surface area contributed by atoms with E-state index in [0.29, 0.717) is 0 Å². The number of hydrogen-bond donors (Lipinski definition) is 2. The van der Waals surface area contributed by atoms with Crippen molar-refractivity contribution in [3.05, 3.63) is 95.6 Å². The lowest BCUT2D eigenvalue weighted by molar-refractivity contribution is -0.139. The van der Waals surface area contributed by atoms with Crippen LogP contribution in [-0.4, -0.2) is 29.8 Å². The highest BCUT2D eigenvalue weighted by molar-refractivity contribution is 5.81. The number of alkyl carbamates (subject to hydrolysis) is 1. The molecule has 0 radical (unpaired) electrons. The monoisotopic (exact) mass is 388 g/mol. The molecule has 3 aromatic rings. The smallest absolute Gasteiger partial charge is 0.407 e. The van der Waals surface area contributed by atoms with Crippen molar-refractivity contribution in [2.24, 2.45) is 0 Å². The number of carboxylic acids is 1. The molecule has 146 valence electrons. The maximum atomic E-state index is 12.3. The summed E-state index contributed by atoms with van der Waals surface area (Å²) in [5.41, 5.74) is 5.34. The molecule has 0 saturated heterocycles. The van der Waals surface area contributed by atoms with E-state index in [9.17, 15) is 14.7 Å². The van der Waals surface area contributed by atoms with Crippen molar-refractivity contribution in [3.8, 4) is 11.1 Å². The topological polar surface area (TPSA) is 75.6 Å². The fraction of sp³-hybridized carbons (Fsp3) is 0.167. The lowest BCUT2D eigenvalue weighted by atomic mass is 9.98. The van der Waals surface area contributed by atoms with Gasteiger partial charge in [0.25, 0.3) is 0 Å². The Labute approximate surface area is 169 Å². The number of aliphatic carboxylic acids is 1. The quantitative estimate of drug-likeness (QED) is 0.620. The lowest BCUT2D eigenvalue weighted by Gasteiger charge is -2.17. The second-order valence-electron chi connectivity index (χ2n) is 7.05. The van der Waals surface area contributed by atoms with Crippen molar-refractivity contribution in [1.82, 2.24) is 5.32 Å². The van der Waals surface area contributed by atoms with E-state index in [2.05, 4.69) is 17.4 Å². The van der Waals surface area contributed by atoms with E-state index >= 15 is 0 Å². The Morgan fingerprint density at radius 2 is 1.41 bits per heavy atom.